The summed E-state index contributed by atoms with van der Waals surface area (Å²) < 4.78 is 0. The van der Waals surface area contributed by atoms with E-state index in [1.807, 2.05) is 11.8 Å². The first-order chi connectivity index (χ1) is 9.09. The van der Waals surface area contributed by atoms with Crippen molar-refractivity contribution in [3.63, 3.8) is 0 Å². The van der Waals surface area contributed by atoms with Crippen molar-refractivity contribution in [3.8, 4) is 0 Å². The summed E-state index contributed by atoms with van der Waals surface area (Å²) in [7, 11) is 0. The molecule has 2 heterocycles. The SMILES string of the molecule is C[C@H](O)[C@@H]1CCCCN1CC(=O)N1CCCC[C@H]1C. The summed E-state index contributed by atoms with van der Waals surface area (Å²) in [4.78, 5) is 16.7. The van der Waals surface area contributed by atoms with Gasteiger partial charge in [-0.3, -0.25) is 9.69 Å². The Morgan fingerprint density at radius 2 is 1.89 bits per heavy atom. The van der Waals surface area contributed by atoms with Crippen LogP contribution in [0.25, 0.3) is 0 Å². The highest BCUT2D eigenvalue weighted by Crippen LogP contribution is 2.21. The molecule has 110 valence electrons. The van der Waals surface area contributed by atoms with Gasteiger partial charge in [-0.25, -0.2) is 0 Å². The number of amides is 1. The van der Waals surface area contributed by atoms with Crippen LogP contribution in [-0.2, 0) is 4.79 Å². The minimum Gasteiger partial charge on any atom is -0.392 e. The molecule has 2 rings (SSSR count). The lowest BCUT2D eigenvalue weighted by atomic mass is 9.98. The molecule has 0 aromatic heterocycles. The molecule has 0 aromatic rings. The molecule has 0 aromatic carbocycles. The van der Waals surface area contributed by atoms with Crippen LogP contribution in [0.15, 0.2) is 0 Å². The lowest BCUT2D eigenvalue weighted by Crippen LogP contribution is -2.52. The molecule has 0 unspecified atom stereocenters. The quantitative estimate of drug-likeness (QED) is 0.846. The van der Waals surface area contributed by atoms with Crippen molar-refractivity contribution in [1.82, 2.24) is 9.80 Å². The lowest BCUT2D eigenvalue weighted by molar-refractivity contribution is -0.137. The second-order valence-corrected chi connectivity index (χ2v) is 6.21. The van der Waals surface area contributed by atoms with Crippen molar-refractivity contribution in [1.29, 1.82) is 0 Å². The summed E-state index contributed by atoms with van der Waals surface area (Å²) in [6.45, 7) is 6.34. The topological polar surface area (TPSA) is 43.8 Å². The van der Waals surface area contributed by atoms with Gasteiger partial charge in [-0.05, 0) is 52.5 Å². The Kier molecular flexibility index (Phi) is 5.22. The Morgan fingerprint density at radius 3 is 2.58 bits per heavy atom. The molecule has 1 N–H and O–H groups in total. The van der Waals surface area contributed by atoms with E-state index in [1.54, 1.807) is 0 Å². The molecule has 0 aliphatic carbocycles. The summed E-state index contributed by atoms with van der Waals surface area (Å²) in [5.41, 5.74) is 0. The Balaban J connectivity index is 1.92. The van der Waals surface area contributed by atoms with Crippen LogP contribution in [0.4, 0.5) is 0 Å². The van der Waals surface area contributed by atoms with Gasteiger partial charge in [-0.2, -0.15) is 0 Å². The summed E-state index contributed by atoms with van der Waals surface area (Å²) in [5, 5.41) is 9.86. The fourth-order valence-electron chi connectivity index (χ4n) is 3.49. The minimum atomic E-state index is -0.341. The molecule has 4 heteroatoms. The highest BCUT2D eigenvalue weighted by Gasteiger charge is 2.30. The Morgan fingerprint density at radius 1 is 1.21 bits per heavy atom. The molecule has 0 radical (unpaired) electrons. The molecule has 3 atom stereocenters. The zero-order chi connectivity index (χ0) is 13.8. The molecule has 2 saturated heterocycles. The standard InChI is InChI=1S/C15H28N2O2/c1-12-7-3-6-10-17(12)15(19)11-16-9-5-4-8-14(16)13(2)18/h12-14,18H,3-11H2,1-2H3/t12-,13+,14+/m1/s1. The number of likely N-dealkylation sites (tertiary alicyclic amines) is 2. The number of hydrogen-bond acceptors (Lipinski definition) is 3. The molecular weight excluding hydrogens is 240 g/mol. The number of carbonyl (C=O) groups is 1. The van der Waals surface area contributed by atoms with E-state index in [4.69, 9.17) is 0 Å². The van der Waals surface area contributed by atoms with Gasteiger partial charge in [0.2, 0.25) is 5.91 Å². The van der Waals surface area contributed by atoms with Crippen LogP contribution >= 0.6 is 0 Å². The summed E-state index contributed by atoms with van der Waals surface area (Å²) in [5.74, 6) is 0.250. The third kappa shape index (κ3) is 3.69. The largest absolute Gasteiger partial charge is 0.392 e. The first kappa shape index (κ1) is 14.8. The number of carbonyl (C=O) groups excluding carboxylic acids is 1. The fraction of sp³-hybridized carbons (Fsp3) is 0.933. The van der Waals surface area contributed by atoms with Crippen molar-refractivity contribution < 1.29 is 9.90 Å². The van der Waals surface area contributed by atoms with E-state index in [2.05, 4.69) is 11.8 Å². The van der Waals surface area contributed by atoms with Crippen molar-refractivity contribution in [3.05, 3.63) is 0 Å². The molecule has 0 bridgehead atoms. The summed E-state index contributed by atoms with van der Waals surface area (Å²) >= 11 is 0. The van der Waals surface area contributed by atoms with Crippen LogP contribution in [0, 0.1) is 0 Å². The zero-order valence-corrected chi connectivity index (χ0v) is 12.3. The summed E-state index contributed by atoms with van der Waals surface area (Å²) in [6, 6.07) is 0.550. The van der Waals surface area contributed by atoms with Gasteiger partial charge in [-0.15, -0.1) is 0 Å². The van der Waals surface area contributed by atoms with Gasteiger partial charge in [0.05, 0.1) is 12.6 Å². The van der Waals surface area contributed by atoms with Crippen molar-refractivity contribution in [2.24, 2.45) is 0 Å². The third-order valence-electron chi connectivity index (χ3n) is 4.68. The molecular formula is C15H28N2O2. The smallest absolute Gasteiger partial charge is 0.236 e. The van der Waals surface area contributed by atoms with Crippen molar-refractivity contribution in [2.75, 3.05) is 19.6 Å². The van der Waals surface area contributed by atoms with Crippen LogP contribution in [0.2, 0.25) is 0 Å². The molecule has 2 aliphatic rings. The minimum absolute atomic E-state index is 0.165. The maximum atomic E-state index is 12.4. The maximum Gasteiger partial charge on any atom is 0.236 e. The van der Waals surface area contributed by atoms with E-state index >= 15 is 0 Å². The van der Waals surface area contributed by atoms with Crippen LogP contribution < -0.4 is 0 Å². The Bertz CT molecular complexity index is 307. The van der Waals surface area contributed by atoms with Gasteiger partial charge >= 0.3 is 0 Å². The number of nitrogens with zero attached hydrogens (tertiary/aromatic N) is 2. The number of rotatable bonds is 3. The molecule has 1 amide bonds. The highest BCUT2D eigenvalue weighted by molar-refractivity contribution is 5.78. The fourth-order valence-corrected chi connectivity index (χ4v) is 3.49. The second-order valence-electron chi connectivity index (χ2n) is 6.21. The van der Waals surface area contributed by atoms with Gasteiger partial charge in [-0.1, -0.05) is 6.42 Å². The van der Waals surface area contributed by atoms with Gasteiger partial charge in [0.25, 0.3) is 0 Å². The van der Waals surface area contributed by atoms with Crippen molar-refractivity contribution in [2.45, 2.75) is 70.6 Å². The molecule has 4 nitrogen and oxygen atoms in total. The number of hydrogen-bond donors (Lipinski definition) is 1. The molecule has 0 spiro atoms. The number of aliphatic hydroxyl groups excluding tert-OH is 1. The van der Waals surface area contributed by atoms with Crippen LogP contribution in [0.5, 0.6) is 0 Å². The van der Waals surface area contributed by atoms with E-state index in [0.717, 1.165) is 38.8 Å². The van der Waals surface area contributed by atoms with E-state index in [0.29, 0.717) is 12.6 Å². The zero-order valence-electron chi connectivity index (χ0n) is 12.3. The molecule has 19 heavy (non-hydrogen) atoms. The predicted molar refractivity (Wildman–Crippen MR) is 75.9 cm³/mol. The lowest BCUT2D eigenvalue weighted by Gasteiger charge is -2.40. The first-order valence-corrected chi connectivity index (χ1v) is 7.81. The highest BCUT2D eigenvalue weighted by atomic mass is 16.3. The average Bonchev–Trinajstić information content (AvgIpc) is 2.39. The summed E-state index contributed by atoms with van der Waals surface area (Å²) in [6.07, 6.45) is 6.49. The maximum absolute atomic E-state index is 12.4. The van der Waals surface area contributed by atoms with Crippen LogP contribution in [0.3, 0.4) is 0 Å². The predicted octanol–water partition coefficient (Wildman–Crippen LogP) is 1.62. The van der Waals surface area contributed by atoms with E-state index in [9.17, 15) is 9.90 Å². The normalized spacial score (nSPS) is 31.2. The Hall–Kier alpha value is -0.610. The van der Waals surface area contributed by atoms with Gasteiger partial charge in [0.15, 0.2) is 0 Å². The molecule has 2 fully saturated rings. The third-order valence-corrected chi connectivity index (χ3v) is 4.68. The molecule has 2 aliphatic heterocycles. The Labute approximate surface area is 116 Å². The molecule has 0 saturated carbocycles. The van der Waals surface area contributed by atoms with Gasteiger partial charge in [0.1, 0.15) is 0 Å². The van der Waals surface area contributed by atoms with E-state index < -0.39 is 0 Å². The van der Waals surface area contributed by atoms with E-state index in [-0.39, 0.29) is 18.1 Å². The van der Waals surface area contributed by atoms with Crippen LogP contribution in [-0.4, -0.2) is 58.6 Å². The van der Waals surface area contributed by atoms with Gasteiger partial charge in [0, 0.05) is 18.6 Å². The van der Waals surface area contributed by atoms with Crippen molar-refractivity contribution >= 4 is 5.91 Å². The monoisotopic (exact) mass is 268 g/mol. The van der Waals surface area contributed by atoms with Crippen LogP contribution in [0.1, 0.15) is 52.4 Å². The number of piperidine rings is 2. The second kappa shape index (κ2) is 6.71. The number of aliphatic hydroxyl groups is 1. The first-order valence-electron chi connectivity index (χ1n) is 7.81. The van der Waals surface area contributed by atoms with E-state index in [1.165, 1.54) is 12.8 Å². The average molecular weight is 268 g/mol. The van der Waals surface area contributed by atoms with Gasteiger partial charge < -0.3 is 10.0 Å².